The minimum absolute atomic E-state index is 0.0911. The molecule has 0 atom stereocenters. The lowest BCUT2D eigenvalue weighted by atomic mass is 10.1. The van der Waals surface area contributed by atoms with E-state index in [1.807, 2.05) is 0 Å². The van der Waals surface area contributed by atoms with E-state index in [9.17, 15) is 28.1 Å². The van der Waals surface area contributed by atoms with Crippen LogP contribution in [0.2, 0.25) is 0 Å². The summed E-state index contributed by atoms with van der Waals surface area (Å²) in [7, 11) is 1.17. The molecule has 9 heteroatoms. The van der Waals surface area contributed by atoms with Crippen LogP contribution in [0, 0.1) is 10.1 Å². The first-order chi connectivity index (χ1) is 9.22. The van der Waals surface area contributed by atoms with E-state index in [0.29, 0.717) is 6.07 Å². The Bertz CT molecular complexity index is 542. The summed E-state index contributed by atoms with van der Waals surface area (Å²) in [4.78, 5) is 20.9. The number of nitro groups is 1. The van der Waals surface area contributed by atoms with Crippen molar-refractivity contribution in [3.8, 4) is 11.5 Å². The SMILES string of the molecule is CCOc1cc(C(=O)C(F)(F)F)c([N+](=O)[O-])cc1OC. The first-order valence-corrected chi connectivity index (χ1v) is 5.33. The standard InChI is InChI=1S/C11H10F3NO5/c1-3-20-9-4-6(10(16)11(12,13)14)7(15(17)18)5-8(9)19-2/h4-5H,3H2,1-2H3. The highest BCUT2D eigenvalue weighted by Crippen LogP contribution is 2.37. The molecule has 0 heterocycles. The summed E-state index contributed by atoms with van der Waals surface area (Å²) >= 11 is 0. The minimum Gasteiger partial charge on any atom is -0.493 e. The number of carbonyl (C=O) groups is 1. The van der Waals surface area contributed by atoms with E-state index in [1.54, 1.807) is 6.92 Å². The minimum atomic E-state index is -5.22. The lowest BCUT2D eigenvalue weighted by Gasteiger charge is -2.12. The molecule has 1 aromatic carbocycles. The number of hydrogen-bond acceptors (Lipinski definition) is 5. The average Bonchev–Trinajstić information content (AvgIpc) is 2.36. The zero-order valence-electron chi connectivity index (χ0n) is 10.5. The van der Waals surface area contributed by atoms with Gasteiger partial charge in [-0.1, -0.05) is 0 Å². The van der Waals surface area contributed by atoms with Crippen LogP contribution in [0.3, 0.4) is 0 Å². The zero-order valence-corrected chi connectivity index (χ0v) is 10.5. The highest BCUT2D eigenvalue weighted by molar-refractivity contribution is 6.04. The van der Waals surface area contributed by atoms with Gasteiger partial charge in [0.2, 0.25) is 0 Å². The number of methoxy groups -OCH3 is 1. The molecule has 0 saturated heterocycles. The van der Waals surface area contributed by atoms with Crippen molar-refractivity contribution in [2.75, 3.05) is 13.7 Å². The fourth-order valence-electron chi connectivity index (χ4n) is 1.46. The summed E-state index contributed by atoms with van der Waals surface area (Å²) in [5.41, 5.74) is -2.08. The third-order valence-electron chi connectivity index (χ3n) is 2.28. The largest absolute Gasteiger partial charge is 0.493 e. The third kappa shape index (κ3) is 3.16. The predicted molar refractivity (Wildman–Crippen MR) is 61.2 cm³/mol. The van der Waals surface area contributed by atoms with Crippen molar-refractivity contribution < 1.29 is 32.4 Å². The maximum Gasteiger partial charge on any atom is 0.455 e. The molecule has 0 fully saturated rings. The number of alkyl halides is 3. The quantitative estimate of drug-likeness (QED) is 0.474. The fraction of sp³-hybridized carbons (Fsp3) is 0.364. The Labute approximate surface area is 111 Å². The molecule has 0 saturated carbocycles. The summed E-state index contributed by atoms with van der Waals surface area (Å²) < 4.78 is 47.1. The molecule has 0 aliphatic carbocycles. The molecule has 6 nitrogen and oxygen atoms in total. The van der Waals surface area contributed by atoms with Crippen molar-refractivity contribution in [3.63, 3.8) is 0 Å². The lowest BCUT2D eigenvalue weighted by molar-refractivity contribution is -0.385. The predicted octanol–water partition coefficient (Wildman–Crippen LogP) is 2.75. The molecule has 0 N–H and O–H groups in total. The highest BCUT2D eigenvalue weighted by atomic mass is 19.4. The second-order valence-corrected chi connectivity index (χ2v) is 3.54. The van der Waals surface area contributed by atoms with Crippen LogP contribution in [-0.2, 0) is 0 Å². The molecule has 20 heavy (non-hydrogen) atoms. The molecule has 0 aliphatic heterocycles. The average molecular weight is 293 g/mol. The monoisotopic (exact) mass is 293 g/mol. The number of carbonyl (C=O) groups excluding carboxylic acids is 1. The highest BCUT2D eigenvalue weighted by Gasteiger charge is 2.43. The van der Waals surface area contributed by atoms with Gasteiger partial charge in [0.15, 0.2) is 11.5 Å². The molecular formula is C11H10F3NO5. The van der Waals surface area contributed by atoms with Gasteiger partial charge in [-0.2, -0.15) is 13.2 Å². The van der Waals surface area contributed by atoms with E-state index in [1.165, 1.54) is 7.11 Å². The molecule has 110 valence electrons. The molecule has 0 unspecified atom stereocenters. The van der Waals surface area contributed by atoms with Crippen LogP contribution in [0.4, 0.5) is 18.9 Å². The molecule has 0 bridgehead atoms. The summed E-state index contributed by atoms with van der Waals surface area (Å²) in [6.45, 7) is 1.65. The van der Waals surface area contributed by atoms with E-state index >= 15 is 0 Å². The summed E-state index contributed by atoms with van der Waals surface area (Å²) in [6.07, 6.45) is -5.22. The van der Waals surface area contributed by atoms with Crippen LogP contribution < -0.4 is 9.47 Å². The Morgan fingerprint density at radius 3 is 2.35 bits per heavy atom. The smallest absolute Gasteiger partial charge is 0.455 e. The number of rotatable bonds is 5. The van der Waals surface area contributed by atoms with Gasteiger partial charge >= 0.3 is 6.18 Å². The van der Waals surface area contributed by atoms with Crippen LogP contribution >= 0.6 is 0 Å². The van der Waals surface area contributed by atoms with Crippen LogP contribution in [-0.4, -0.2) is 30.6 Å². The summed E-state index contributed by atoms with van der Waals surface area (Å²) in [5, 5.41) is 10.8. The number of hydrogen-bond donors (Lipinski definition) is 0. The Balaban J connectivity index is 3.51. The van der Waals surface area contributed by atoms with Crippen molar-refractivity contribution >= 4 is 11.5 Å². The first-order valence-electron chi connectivity index (χ1n) is 5.33. The molecular weight excluding hydrogens is 283 g/mol. The Hall–Kier alpha value is -2.32. The molecule has 0 amide bonds. The van der Waals surface area contributed by atoms with Crippen LogP contribution in [0.1, 0.15) is 17.3 Å². The second kappa shape index (κ2) is 5.76. The van der Waals surface area contributed by atoms with Gasteiger partial charge in [-0.05, 0) is 6.92 Å². The summed E-state index contributed by atoms with van der Waals surface area (Å²) in [6, 6.07) is 1.39. The van der Waals surface area contributed by atoms with E-state index in [0.717, 1.165) is 6.07 Å². The van der Waals surface area contributed by atoms with Gasteiger partial charge in [-0.25, -0.2) is 0 Å². The van der Waals surface area contributed by atoms with Gasteiger partial charge in [-0.15, -0.1) is 0 Å². The molecule has 0 aliphatic rings. The molecule has 1 aromatic rings. The van der Waals surface area contributed by atoms with Gasteiger partial charge in [-0.3, -0.25) is 14.9 Å². The van der Waals surface area contributed by atoms with E-state index in [-0.39, 0.29) is 18.1 Å². The topological polar surface area (TPSA) is 78.7 Å². The van der Waals surface area contributed by atoms with E-state index < -0.39 is 28.1 Å². The van der Waals surface area contributed by atoms with Gasteiger partial charge in [0.1, 0.15) is 5.56 Å². The number of halogens is 3. The Kier molecular flexibility index (Phi) is 4.53. The first kappa shape index (κ1) is 15.7. The normalized spacial score (nSPS) is 11.1. The maximum absolute atomic E-state index is 12.4. The van der Waals surface area contributed by atoms with Crippen molar-refractivity contribution in [1.29, 1.82) is 0 Å². The number of Topliss-reactive ketones (excluding diaryl/α,β-unsaturated/α-hetero) is 1. The van der Waals surface area contributed by atoms with Crippen LogP contribution in [0.5, 0.6) is 11.5 Å². The number of ketones is 1. The number of nitrogens with zero attached hydrogens (tertiary/aromatic N) is 1. The van der Waals surface area contributed by atoms with Crippen LogP contribution in [0.15, 0.2) is 12.1 Å². The van der Waals surface area contributed by atoms with Crippen molar-refractivity contribution in [2.45, 2.75) is 13.1 Å². The molecule has 0 radical (unpaired) electrons. The third-order valence-corrected chi connectivity index (χ3v) is 2.28. The fourth-order valence-corrected chi connectivity index (χ4v) is 1.46. The van der Waals surface area contributed by atoms with E-state index in [4.69, 9.17) is 9.47 Å². The molecule has 0 aromatic heterocycles. The second-order valence-electron chi connectivity index (χ2n) is 3.54. The Morgan fingerprint density at radius 1 is 1.35 bits per heavy atom. The van der Waals surface area contributed by atoms with Crippen molar-refractivity contribution in [1.82, 2.24) is 0 Å². The lowest BCUT2D eigenvalue weighted by Crippen LogP contribution is -2.23. The number of nitro benzene ring substituents is 1. The van der Waals surface area contributed by atoms with Crippen molar-refractivity contribution in [3.05, 3.63) is 27.8 Å². The molecule has 1 rings (SSSR count). The van der Waals surface area contributed by atoms with Gasteiger partial charge in [0.25, 0.3) is 11.5 Å². The maximum atomic E-state index is 12.4. The van der Waals surface area contributed by atoms with Gasteiger partial charge in [0.05, 0.1) is 24.7 Å². The molecule has 0 spiro atoms. The van der Waals surface area contributed by atoms with Crippen LogP contribution in [0.25, 0.3) is 0 Å². The van der Waals surface area contributed by atoms with Gasteiger partial charge in [0, 0.05) is 6.07 Å². The van der Waals surface area contributed by atoms with Crippen molar-refractivity contribution in [2.24, 2.45) is 0 Å². The Morgan fingerprint density at radius 2 is 1.95 bits per heavy atom. The number of benzene rings is 1. The zero-order chi connectivity index (χ0) is 15.5. The van der Waals surface area contributed by atoms with Gasteiger partial charge < -0.3 is 9.47 Å². The number of ether oxygens (including phenoxy) is 2. The summed E-state index contributed by atoms with van der Waals surface area (Å²) in [5.74, 6) is -2.61. The van der Waals surface area contributed by atoms with E-state index in [2.05, 4.69) is 0 Å².